The van der Waals surface area contributed by atoms with Gasteiger partial charge in [-0.05, 0) is 26.3 Å². The van der Waals surface area contributed by atoms with Crippen molar-refractivity contribution in [1.29, 1.82) is 0 Å². The third-order valence-corrected chi connectivity index (χ3v) is 3.10. The van der Waals surface area contributed by atoms with Crippen molar-refractivity contribution < 1.29 is 14.3 Å². The molecule has 1 aromatic rings. The van der Waals surface area contributed by atoms with E-state index in [2.05, 4.69) is 12.1 Å². The number of hydrogen-bond donors (Lipinski definition) is 0. The maximum absolute atomic E-state index is 11.7. The third kappa shape index (κ3) is 2.55. The molecule has 0 saturated carbocycles. The number of carbonyl (C=O) groups is 1. The van der Waals surface area contributed by atoms with Crippen LogP contribution in [0, 0.1) is 6.92 Å². The average Bonchev–Trinajstić information content (AvgIpc) is 2.72. The molecular weight excluding hydrogens is 228 g/mol. The second-order valence-electron chi connectivity index (χ2n) is 4.48. The molecule has 1 heterocycles. The number of carbonyl (C=O) groups excluding carboxylic acids is 1. The predicted octanol–water partition coefficient (Wildman–Crippen LogP) is 3.29. The van der Waals surface area contributed by atoms with Gasteiger partial charge in [-0.3, -0.25) is 0 Å². The van der Waals surface area contributed by atoms with E-state index in [1.165, 1.54) is 5.56 Å². The first-order valence-electron chi connectivity index (χ1n) is 6.22. The Morgan fingerprint density at radius 2 is 2.00 bits per heavy atom. The standard InChI is InChI=1S/C15H18O3/c1-4-17-15(16)13-9-14(18-11(13)3)12-7-5-10(2)6-8-12/h5-8,14H,4,9H2,1-3H3. The fraction of sp³-hybridized carbons (Fsp3) is 0.400. The highest BCUT2D eigenvalue weighted by atomic mass is 16.5. The Morgan fingerprint density at radius 1 is 1.33 bits per heavy atom. The molecule has 0 saturated heterocycles. The van der Waals surface area contributed by atoms with Gasteiger partial charge >= 0.3 is 5.97 Å². The Balaban J connectivity index is 2.10. The summed E-state index contributed by atoms with van der Waals surface area (Å²) in [6.45, 7) is 6.07. The van der Waals surface area contributed by atoms with Crippen molar-refractivity contribution in [3.05, 3.63) is 46.7 Å². The Hall–Kier alpha value is -1.77. The Kier molecular flexibility index (Phi) is 3.70. The fourth-order valence-corrected chi connectivity index (χ4v) is 2.07. The molecule has 3 heteroatoms. The highest BCUT2D eigenvalue weighted by Crippen LogP contribution is 2.36. The molecule has 0 radical (unpaired) electrons. The summed E-state index contributed by atoms with van der Waals surface area (Å²) in [6, 6.07) is 8.19. The minimum Gasteiger partial charge on any atom is -0.489 e. The Morgan fingerprint density at radius 3 is 2.61 bits per heavy atom. The number of ether oxygens (including phenoxy) is 2. The molecule has 96 valence electrons. The predicted molar refractivity (Wildman–Crippen MR) is 69.0 cm³/mol. The molecule has 1 aromatic carbocycles. The summed E-state index contributed by atoms with van der Waals surface area (Å²) in [5.41, 5.74) is 2.97. The smallest absolute Gasteiger partial charge is 0.337 e. The van der Waals surface area contributed by atoms with Crippen LogP contribution in [0.25, 0.3) is 0 Å². The number of hydrogen-bond acceptors (Lipinski definition) is 3. The molecule has 1 aliphatic rings. The quantitative estimate of drug-likeness (QED) is 0.768. The molecule has 0 aromatic heterocycles. The number of benzene rings is 1. The van der Waals surface area contributed by atoms with E-state index < -0.39 is 0 Å². The summed E-state index contributed by atoms with van der Waals surface area (Å²) in [5, 5.41) is 0. The van der Waals surface area contributed by atoms with Crippen molar-refractivity contribution in [2.24, 2.45) is 0 Å². The van der Waals surface area contributed by atoms with Crippen LogP contribution in [0.5, 0.6) is 0 Å². The van der Waals surface area contributed by atoms with Crippen LogP contribution in [0.4, 0.5) is 0 Å². The monoisotopic (exact) mass is 246 g/mol. The van der Waals surface area contributed by atoms with Gasteiger partial charge in [0.2, 0.25) is 0 Å². The minimum atomic E-state index is -0.260. The van der Waals surface area contributed by atoms with Crippen LogP contribution in [-0.4, -0.2) is 12.6 Å². The highest BCUT2D eigenvalue weighted by molar-refractivity contribution is 5.89. The van der Waals surface area contributed by atoms with E-state index in [0.29, 0.717) is 24.4 Å². The second kappa shape index (κ2) is 5.25. The molecule has 1 aliphatic heterocycles. The SMILES string of the molecule is CCOC(=O)C1=C(C)OC(c2ccc(C)cc2)C1. The molecule has 0 spiro atoms. The summed E-state index contributed by atoms with van der Waals surface area (Å²) in [7, 11) is 0. The summed E-state index contributed by atoms with van der Waals surface area (Å²) in [4.78, 5) is 11.7. The van der Waals surface area contributed by atoms with Crippen molar-refractivity contribution in [1.82, 2.24) is 0 Å². The van der Waals surface area contributed by atoms with Crippen LogP contribution in [0.15, 0.2) is 35.6 Å². The van der Waals surface area contributed by atoms with E-state index in [1.807, 2.05) is 26.0 Å². The van der Waals surface area contributed by atoms with Gasteiger partial charge in [-0.25, -0.2) is 4.79 Å². The van der Waals surface area contributed by atoms with Crippen molar-refractivity contribution in [3.8, 4) is 0 Å². The highest BCUT2D eigenvalue weighted by Gasteiger charge is 2.29. The Bertz CT molecular complexity index is 471. The van der Waals surface area contributed by atoms with E-state index >= 15 is 0 Å². The first kappa shape index (κ1) is 12.7. The van der Waals surface area contributed by atoms with Crippen LogP contribution < -0.4 is 0 Å². The van der Waals surface area contributed by atoms with Gasteiger partial charge in [0, 0.05) is 6.42 Å². The van der Waals surface area contributed by atoms with Crippen molar-refractivity contribution >= 4 is 5.97 Å². The first-order chi connectivity index (χ1) is 8.61. The Labute approximate surface area is 107 Å². The molecule has 0 amide bonds. The second-order valence-corrected chi connectivity index (χ2v) is 4.48. The molecule has 0 aliphatic carbocycles. The number of aryl methyl sites for hydroxylation is 1. The lowest BCUT2D eigenvalue weighted by Crippen LogP contribution is -2.07. The lowest BCUT2D eigenvalue weighted by atomic mass is 10.0. The van der Waals surface area contributed by atoms with Gasteiger partial charge in [-0.2, -0.15) is 0 Å². The molecule has 18 heavy (non-hydrogen) atoms. The van der Waals surface area contributed by atoms with Crippen LogP contribution in [0.2, 0.25) is 0 Å². The third-order valence-electron chi connectivity index (χ3n) is 3.10. The fourth-order valence-electron chi connectivity index (χ4n) is 2.07. The van der Waals surface area contributed by atoms with E-state index in [4.69, 9.17) is 9.47 Å². The molecular formula is C15H18O3. The van der Waals surface area contributed by atoms with Crippen molar-refractivity contribution in [3.63, 3.8) is 0 Å². The van der Waals surface area contributed by atoms with Crippen LogP contribution >= 0.6 is 0 Å². The van der Waals surface area contributed by atoms with Gasteiger partial charge < -0.3 is 9.47 Å². The minimum absolute atomic E-state index is 0.0648. The molecule has 0 N–H and O–H groups in total. The van der Waals surface area contributed by atoms with Gasteiger partial charge in [0.25, 0.3) is 0 Å². The molecule has 0 fully saturated rings. The average molecular weight is 246 g/mol. The molecule has 2 rings (SSSR count). The lowest BCUT2D eigenvalue weighted by Gasteiger charge is -2.12. The van der Waals surface area contributed by atoms with Gasteiger partial charge in [-0.15, -0.1) is 0 Å². The largest absolute Gasteiger partial charge is 0.489 e. The zero-order valence-corrected chi connectivity index (χ0v) is 11.0. The summed E-state index contributed by atoms with van der Waals surface area (Å²) >= 11 is 0. The van der Waals surface area contributed by atoms with E-state index in [9.17, 15) is 4.79 Å². The number of allylic oxidation sites excluding steroid dienone is 1. The number of rotatable bonds is 3. The van der Waals surface area contributed by atoms with Gasteiger partial charge in [0.1, 0.15) is 11.9 Å². The summed E-state index contributed by atoms with van der Waals surface area (Å²) in [5.74, 6) is 0.420. The number of esters is 1. The zero-order chi connectivity index (χ0) is 13.1. The maximum Gasteiger partial charge on any atom is 0.337 e. The summed E-state index contributed by atoms with van der Waals surface area (Å²) < 4.78 is 10.8. The molecule has 1 unspecified atom stereocenters. The van der Waals surface area contributed by atoms with E-state index in [0.717, 1.165) is 5.56 Å². The van der Waals surface area contributed by atoms with E-state index in [-0.39, 0.29) is 12.1 Å². The topological polar surface area (TPSA) is 35.5 Å². The molecule has 1 atom stereocenters. The van der Waals surface area contributed by atoms with Gasteiger partial charge in [0.05, 0.1) is 12.2 Å². The van der Waals surface area contributed by atoms with Crippen LogP contribution in [-0.2, 0) is 14.3 Å². The lowest BCUT2D eigenvalue weighted by molar-refractivity contribution is -0.138. The van der Waals surface area contributed by atoms with Crippen molar-refractivity contribution in [2.75, 3.05) is 6.61 Å². The molecule has 3 nitrogen and oxygen atoms in total. The van der Waals surface area contributed by atoms with Gasteiger partial charge in [-0.1, -0.05) is 29.8 Å². The van der Waals surface area contributed by atoms with Crippen molar-refractivity contribution in [2.45, 2.75) is 33.3 Å². The zero-order valence-electron chi connectivity index (χ0n) is 11.0. The van der Waals surface area contributed by atoms with Gasteiger partial charge in [0.15, 0.2) is 0 Å². The van der Waals surface area contributed by atoms with Crippen LogP contribution in [0.1, 0.15) is 37.5 Å². The maximum atomic E-state index is 11.7. The normalized spacial score (nSPS) is 18.7. The first-order valence-corrected chi connectivity index (χ1v) is 6.22. The van der Waals surface area contributed by atoms with E-state index in [1.54, 1.807) is 6.92 Å². The molecule has 0 bridgehead atoms. The van der Waals surface area contributed by atoms with Crippen LogP contribution in [0.3, 0.4) is 0 Å². The summed E-state index contributed by atoms with van der Waals surface area (Å²) in [6.07, 6.45) is 0.526.